The van der Waals surface area contributed by atoms with Crippen LogP contribution in [0.4, 0.5) is 0 Å². The molecular formula is C20H25BrN2+2. The molecule has 3 heteroatoms. The fourth-order valence-electron chi connectivity index (χ4n) is 3.15. The van der Waals surface area contributed by atoms with E-state index in [0.717, 1.165) is 17.6 Å². The quantitative estimate of drug-likeness (QED) is 0.785. The van der Waals surface area contributed by atoms with Gasteiger partial charge in [-0.2, -0.15) is 0 Å². The molecule has 2 N–H and O–H groups in total. The molecule has 1 saturated heterocycles. The number of piperazine rings is 1. The van der Waals surface area contributed by atoms with Crippen LogP contribution in [0.2, 0.25) is 0 Å². The summed E-state index contributed by atoms with van der Waals surface area (Å²) in [6.07, 6.45) is 4.57. The molecule has 0 aliphatic carbocycles. The van der Waals surface area contributed by atoms with Crippen LogP contribution in [0, 0.1) is 0 Å². The molecule has 0 atom stereocenters. The van der Waals surface area contributed by atoms with Gasteiger partial charge in [0.25, 0.3) is 0 Å². The van der Waals surface area contributed by atoms with Crippen LogP contribution >= 0.6 is 15.9 Å². The van der Waals surface area contributed by atoms with Gasteiger partial charge in [0.2, 0.25) is 0 Å². The summed E-state index contributed by atoms with van der Waals surface area (Å²) in [5.41, 5.74) is 2.74. The summed E-state index contributed by atoms with van der Waals surface area (Å²) in [6, 6.07) is 19.3. The van der Waals surface area contributed by atoms with Gasteiger partial charge in [-0.25, -0.2) is 0 Å². The zero-order valence-electron chi connectivity index (χ0n) is 13.5. The number of hydrogen-bond donors (Lipinski definition) is 2. The van der Waals surface area contributed by atoms with Crippen molar-refractivity contribution >= 4 is 22.0 Å². The van der Waals surface area contributed by atoms with Gasteiger partial charge in [-0.05, 0) is 23.8 Å². The van der Waals surface area contributed by atoms with E-state index in [1.165, 1.54) is 37.3 Å². The van der Waals surface area contributed by atoms with Gasteiger partial charge in [-0.3, -0.25) is 0 Å². The largest absolute Gasteiger partial charge is 0.322 e. The predicted octanol–water partition coefficient (Wildman–Crippen LogP) is 1.45. The second kappa shape index (κ2) is 8.44. The number of halogens is 1. The number of rotatable bonds is 5. The average Bonchev–Trinajstić information content (AvgIpc) is 2.59. The van der Waals surface area contributed by atoms with Gasteiger partial charge in [-0.15, -0.1) is 0 Å². The molecule has 23 heavy (non-hydrogen) atoms. The van der Waals surface area contributed by atoms with Crippen molar-refractivity contribution in [3.05, 3.63) is 76.3 Å². The molecule has 0 bridgehead atoms. The third-order valence-corrected chi connectivity index (χ3v) is 5.08. The summed E-state index contributed by atoms with van der Waals surface area (Å²) >= 11 is 3.50. The molecule has 0 unspecified atom stereocenters. The summed E-state index contributed by atoms with van der Waals surface area (Å²) in [5.74, 6) is 0. The van der Waals surface area contributed by atoms with Crippen LogP contribution in [0.3, 0.4) is 0 Å². The Bertz CT molecular complexity index is 614. The second-order valence-electron chi connectivity index (χ2n) is 6.32. The van der Waals surface area contributed by atoms with Crippen LogP contribution in [0.1, 0.15) is 11.1 Å². The van der Waals surface area contributed by atoms with Gasteiger partial charge in [0.15, 0.2) is 0 Å². The standard InChI is InChI=1S/C20H23BrN2/c21-20-10-8-19(9-11-20)17-23-15-13-22(14-16-23)12-4-7-18-5-2-1-3-6-18/h1-11H,12-17H2/p+2/b7-4+. The monoisotopic (exact) mass is 372 g/mol. The number of benzene rings is 2. The molecular weight excluding hydrogens is 348 g/mol. The zero-order valence-corrected chi connectivity index (χ0v) is 15.1. The maximum atomic E-state index is 3.50. The van der Waals surface area contributed by atoms with Crippen molar-refractivity contribution in [3.8, 4) is 0 Å². The minimum absolute atomic E-state index is 1.14. The van der Waals surface area contributed by atoms with Crippen molar-refractivity contribution in [3.63, 3.8) is 0 Å². The van der Waals surface area contributed by atoms with Crippen molar-refractivity contribution < 1.29 is 9.80 Å². The van der Waals surface area contributed by atoms with Gasteiger partial charge < -0.3 is 9.80 Å². The van der Waals surface area contributed by atoms with Crippen molar-refractivity contribution in [2.45, 2.75) is 6.54 Å². The van der Waals surface area contributed by atoms with E-state index in [1.807, 2.05) is 0 Å². The molecule has 0 saturated carbocycles. The van der Waals surface area contributed by atoms with Crippen LogP contribution in [0.25, 0.3) is 6.08 Å². The number of nitrogens with one attached hydrogen (secondary N) is 2. The van der Waals surface area contributed by atoms with E-state index in [0.29, 0.717) is 0 Å². The topological polar surface area (TPSA) is 8.88 Å². The van der Waals surface area contributed by atoms with Crippen LogP contribution < -0.4 is 9.80 Å². The first-order valence-corrected chi connectivity index (χ1v) is 9.22. The highest BCUT2D eigenvalue weighted by atomic mass is 79.9. The molecule has 2 nitrogen and oxygen atoms in total. The van der Waals surface area contributed by atoms with Crippen molar-refractivity contribution in [1.82, 2.24) is 0 Å². The Morgan fingerprint density at radius 2 is 1.48 bits per heavy atom. The van der Waals surface area contributed by atoms with Crippen LogP contribution in [0.15, 0.2) is 65.1 Å². The molecule has 2 aromatic carbocycles. The summed E-state index contributed by atoms with van der Waals surface area (Å²) in [7, 11) is 0. The third-order valence-electron chi connectivity index (χ3n) is 4.55. The van der Waals surface area contributed by atoms with E-state index < -0.39 is 0 Å². The number of quaternary nitrogens is 2. The minimum Gasteiger partial charge on any atom is -0.322 e. The Kier molecular flexibility index (Phi) is 6.03. The molecule has 2 aromatic rings. The average molecular weight is 373 g/mol. The zero-order chi connectivity index (χ0) is 15.9. The molecule has 0 radical (unpaired) electrons. The van der Waals surface area contributed by atoms with Crippen molar-refractivity contribution in [2.75, 3.05) is 32.7 Å². The van der Waals surface area contributed by atoms with Crippen molar-refractivity contribution in [2.24, 2.45) is 0 Å². The SMILES string of the molecule is Brc1ccc(C[NH+]2CC[NH+](C/C=C/c3ccccc3)CC2)cc1. The molecule has 3 rings (SSSR count). The lowest BCUT2D eigenvalue weighted by Crippen LogP contribution is -3.27. The van der Waals surface area contributed by atoms with E-state index >= 15 is 0 Å². The van der Waals surface area contributed by atoms with Crippen LogP contribution in [-0.4, -0.2) is 32.7 Å². The van der Waals surface area contributed by atoms with Gasteiger partial charge in [0, 0.05) is 10.0 Å². The minimum atomic E-state index is 1.14. The fourth-order valence-corrected chi connectivity index (χ4v) is 3.42. The Morgan fingerprint density at radius 1 is 0.826 bits per heavy atom. The summed E-state index contributed by atoms with van der Waals surface area (Å²) in [5, 5.41) is 0. The van der Waals surface area contributed by atoms with E-state index in [-0.39, 0.29) is 0 Å². The van der Waals surface area contributed by atoms with Gasteiger partial charge in [0.05, 0.1) is 6.54 Å². The molecule has 1 fully saturated rings. The lowest BCUT2D eigenvalue weighted by Gasteiger charge is -2.29. The maximum absolute atomic E-state index is 3.50. The lowest BCUT2D eigenvalue weighted by atomic mass is 10.2. The second-order valence-corrected chi connectivity index (χ2v) is 7.24. The Hall–Kier alpha value is -1.42. The Balaban J connectivity index is 1.41. The fraction of sp³-hybridized carbons (Fsp3) is 0.300. The van der Waals surface area contributed by atoms with Crippen LogP contribution in [0.5, 0.6) is 0 Å². The predicted molar refractivity (Wildman–Crippen MR) is 99.6 cm³/mol. The summed E-state index contributed by atoms with van der Waals surface area (Å²) < 4.78 is 1.16. The molecule has 120 valence electrons. The molecule has 0 aromatic heterocycles. The summed E-state index contributed by atoms with van der Waals surface area (Å²) in [4.78, 5) is 3.42. The molecule has 0 spiro atoms. The Morgan fingerprint density at radius 3 is 2.17 bits per heavy atom. The van der Waals surface area contributed by atoms with Gasteiger partial charge >= 0.3 is 0 Å². The third kappa shape index (κ3) is 5.31. The van der Waals surface area contributed by atoms with Gasteiger partial charge in [-0.1, -0.05) is 64.5 Å². The normalized spacial score (nSPS) is 21.6. The smallest absolute Gasteiger partial charge is 0.127 e. The summed E-state index contributed by atoms with van der Waals surface area (Å²) in [6.45, 7) is 7.37. The molecule has 1 aliphatic rings. The highest BCUT2D eigenvalue weighted by Crippen LogP contribution is 2.09. The van der Waals surface area contributed by atoms with E-state index in [9.17, 15) is 0 Å². The van der Waals surface area contributed by atoms with E-state index in [1.54, 1.807) is 9.80 Å². The highest BCUT2D eigenvalue weighted by Gasteiger charge is 2.21. The first kappa shape index (κ1) is 16.4. The lowest BCUT2D eigenvalue weighted by molar-refractivity contribution is -1.02. The van der Waals surface area contributed by atoms with Crippen molar-refractivity contribution in [1.29, 1.82) is 0 Å². The maximum Gasteiger partial charge on any atom is 0.127 e. The molecule has 1 aliphatic heterocycles. The number of hydrogen-bond acceptors (Lipinski definition) is 0. The molecule has 1 heterocycles. The highest BCUT2D eigenvalue weighted by molar-refractivity contribution is 9.10. The van der Waals surface area contributed by atoms with Gasteiger partial charge in [0.1, 0.15) is 32.7 Å². The molecule has 0 amide bonds. The first-order chi connectivity index (χ1) is 11.3. The van der Waals surface area contributed by atoms with Crippen LogP contribution in [-0.2, 0) is 6.54 Å². The Labute approximate surface area is 147 Å². The van der Waals surface area contributed by atoms with E-state index in [4.69, 9.17) is 0 Å². The first-order valence-electron chi connectivity index (χ1n) is 8.43. The van der Waals surface area contributed by atoms with E-state index in [2.05, 4.69) is 82.7 Å².